The molecule has 1 aliphatic rings. The van der Waals surface area contributed by atoms with E-state index in [-0.39, 0.29) is 5.92 Å². The molecule has 1 fully saturated rings. The molecule has 0 spiro atoms. The van der Waals surface area contributed by atoms with Crippen LogP contribution in [-0.2, 0) is 4.74 Å². The SMILES string of the molecule is Nc1cc(Br)ccc1-c1nc(C2CCOC2)no1. The summed E-state index contributed by atoms with van der Waals surface area (Å²) in [4.78, 5) is 4.40. The fourth-order valence-corrected chi connectivity index (χ4v) is 2.36. The van der Waals surface area contributed by atoms with Crippen LogP contribution in [-0.4, -0.2) is 23.4 Å². The molecular formula is C12H12BrN3O2. The molecule has 0 bridgehead atoms. The summed E-state index contributed by atoms with van der Waals surface area (Å²) in [5.41, 5.74) is 7.31. The number of anilines is 1. The van der Waals surface area contributed by atoms with Crippen molar-refractivity contribution in [2.24, 2.45) is 0 Å². The number of nitrogens with two attached hydrogens (primary N) is 1. The summed E-state index contributed by atoms with van der Waals surface area (Å²) in [6.45, 7) is 1.42. The molecule has 94 valence electrons. The van der Waals surface area contributed by atoms with Gasteiger partial charge >= 0.3 is 0 Å². The van der Waals surface area contributed by atoms with Gasteiger partial charge in [-0.25, -0.2) is 0 Å². The molecule has 1 aromatic heterocycles. The van der Waals surface area contributed by atoms with Crippen molar-refractivity contribution in [1.29, 1.82) is 0 Å². The van der Waals surface area contributed by atoms with Crippen LogP contribution in [0.15, 0.2) is 27.2 Å². The quantitative estimate of drug-likeness (QED) is 0.863. The second-order valence-electron chi connectivity index (χ2n) is 4.25. The first-order valence-corrected chi connectivity index (χ1v) is 6.50. The van der Waals surface area contributed by atoms with Crippen molar-refractivity contribution in [2.75, 3.05) is 18.9 Å². The highest BCUT2D eigenvalue weighted by Gasteiger charge is 2.23. The van der Waals surface area contributed by atoms with Gasteiger partial charge in [0.1, 0.15) is 0 Å². The lowest BCUT2D eigenvalue weighted by atomic mass is 10.1. The molecule has 1 atom stereocenters. The van der Waals surface area contributed by atoms with Crippen molar-refractivity contribution in [3.63, 3.8) is 0 Å². The van der Waals surface area contributed by atoms with E-state index in [0.29, 0.717) is 24.0 Å². The third-order valence-corrected chi connectivity index (χ3v) is 3.47. The average Bonchev–Trinajstić information content (AvgIpc) is 2.99. The molecule has 2 N–H and O–H groups in total. The first kappa shape index (κ1) is 11.7. The second-order valence-corrected chi connectivity index (χ2v) is 5.17. The predicted molar refractivity (Wildman–Crippen MR) is 70.0 cm³/mol. The van der Waals surface area contributed by atoms with E-state index >= 15 is 0 Å². The first-order chi connectivity index (χ1) is 8.74. The minimum atomic E-state index is 0.235. The van der Waals surface area contributed by atoms with Gasteiger partial charge in [-0.2, -0.15) is 4.98 Å². The number of hydrogen-bond acceptors (Lipinski definition) is 5. The van der Waals surface area contributed by atoms with E-state index in [4.69, 9.17) is 15.0 Å². The van der Waals surface area contributed by atoms with E-state index < -0.39 is 0 Å². The van der Waals surface area contributed by atoms with Crippen LogP contribution in [0, 0.1) is 0 Å². The Hall–Kier alpha value is -1.40. The highest BCUT2D eigenvalue weighted by atomic mass is 79.9. The maximum atomic E-state index is 5.93. The molecule has 3 rings (SSSR count). The van der Waals surface area contributed by atoms with E-state index in [1.54, 1.807) is 0 Å². The van der Waals surface area contributed by atoms with Crippen LogP contribution in [0.1, 0.15) is 18.2 Å². The summed E-state index contributed by atoms with van der Waals surface area (Å²) < 4.78 is 11.5. The molecule has 0 aliphatic carbocycles. The molecule has 1 aromatic carbocycles. The molecule has 0 radical (unpaired) electrons. The number of aromatic nitrogens is 2. The van der Waals surface area contributed by atoms with Gasteiger partial charge < -0.3 is 15.0 Å². The minimum Gasteiger partial charge on any atom is -0.398 e. The number of nitrogens with zero attached hydrogens (tertiary/aromatic N) is 2. The summed E-state index contributed by atoms with van der Waals surface area (Å²) in [6, 6.07) is 5.58. The third-order valence-electron chi connectivity index (χ3n) is 2.98. The molecule has 5 nitrogen and oxygen atoms in total. The van der Waals surface area contributed by atoms with Crippen molar-refractivity contribution in [1.82, 2.24) is 10.1 Å². The molecule has 1 aliphatic heterocycles. The van der Waals surface area contributed by atoms with Crippen LogP contribution in [0.4, 0.5) is 5.69 Å². The highest BCUT2D eigenvalue weighted by molar-refractivity contribution is 9.10. The minimum absolute atomic E-state index is 0.235. The highest BCUT2D eigenvalue weighted by Crippen LogP contribution is 2.29. The standard InChI is InChI=1S/C12H12BrN3O2/c13-8-1-2-9(10(14)5-8)12-15-11(16-18-12)7-3-4-17-6-7/h1-2,5,7H,3-4,6,14H2. The summed E-state index contributed by atoms with van der Waals surface area (Å²) >= 11 is 3.36. The van der Waals surface area contributed by atoms with Crippen LogP contribution >= 0.6 is 15.9 Å². The van der Waals surface area contributed by atoms with Crippen LogP contribution < -0.4 is 5.73 Å². The summed E-state index contributed by atoms with van der Waals surface area (Å²) in [5.74, 6) is 1.39. The Labute approximate surface area is 112 Å². The zero-order valence-corrected chi connectivity index (χ0v) is 11.2. The Morgan fingerprint density at radius 1 is 1.39 bits per heavy atom. The fourth-order valence-electron chi connectivity index (χ4n) is 1.98. The molecule has 0 saturated carbocycles. The van der Waals surface area contributed by atoms with Crippen LogP contribution in [0.5, 0.6) is 0 Å². The average molecular weight is 310 g/mol. The van der Waals surface area contributed by atoms with Gasteiger partial charge in [0.25, 0.3) is 5.89 Å². The van der Waals surface area contributed by atoms with Crippen molar-refractivity contribution < 1.29 is 9.26 Å². The number of benzene rings is 1. The lowest BCUT2D eigenvalue weighted by Crippen LogP contribution is -1.99. The van der Waals surface area contributed by atoms with Crippen LogP contribution in [0.2, 0.25) is 0 Å². The number of nitrogen functional groups attached to an aromatic ring is 1. The van der Waals surface area contributed by atoms with Gasteiger partial charge in [-0.3, -0.25) is 0 Å². The number of halogens is 1. The Morgan fingerprint density at radius 2 is 2.28 bits per heavy atom. The second kappa shape index (κ2) is 4.70. The molecule has 1 saturated heterocycles. The molecule has 18 heavy (non-hydrogen) atoms. The molecule has 2 aromatic rings. The van der Waals surface area contributed by atoms with Gasteiger partial charge in [-0.15, -0.1) is 0 Å². The Bertz CT molecular complexity index is 564. The van der Waals surface area contributed by atoms with Gasteiger partial charge in [-0.1, -0.05) is 21.1 Å². The van der Waals surface area contributed by atoms with Crippen molar-refractivity contribution >= 4 is 21.6 Å². The van der Waals surface area contributed by atoms with Gasteiger partial charge in [-0.05, 0) is 24.6 Å². The van der Waals surface area contributed by atoms with Crippen molar-refractivity contribution in [3.05, 3.63) is 28.5 Å². The van der Waals surface area contributed by atoms with Gasteiger partial charge in [0.05, 0.1) is 12.2 Å². The van der Waals surface area contributed by atoms with Gasteiger partial charge in [0.15, 0.2) is 5.82 Å². The van der Waals surface area contributed by atoms with E-state index in [2.05, 4.69) is 26.1 Å². The molecule has 6 heteroatoms. The lowest BCUT2D eigenvalue weighted by molar-refractivity contribution is 0.192. The number of ether oxygens (including phenoxy) is 1. The van der Waals surface area contributed by atoms with Crippen molar-refractivity contribution in [2.45, 2.75) is 12.3 Å². The zero-order chi connectivity index (χ0) is 12.5. The Kier molecular flexibility index (Phi) is 3.05. The monoisotopic (exact) mass is 309 g/mol. The maximum absolute atomic E-state index is 5.93. The lowest BCUT2D eigenvalue weighted by Gasteiger charge is -2.01. The predicted octanol–water partition coefficient (Wildman–Crippen LogP) is 2.59. The van der Waals surface area contributed by atoms with E-state index in [0.717, 1.165) is 23.1 Å². The largest absolute Gasteiger partial charge is 0.398 e. The molecule has 1 unspecified atom stereocenters. The topological polar surface area (TPSA) is 74.2 Å². The first-order valence-electron chi connectivity index (χ1n) is 5.71. The summed E-state index contributed by atoms with van der Waals surface area (Å²) in [5, 5.41) is 4.00. The maximum Gasteiger partial charge on any atom is 0.260 e. The van der Waals surface area contributed by atoms with E-state index in [9.17, 15) is 0 Å². The zero-order valence-electron chi connectivity index (χ0n) is 9.60. The van der Waals surface area contributed by atoms with Crippen LogP contribution in [0.25, 0.3) is 11.5 Å². The smallest absolute Gasteiger partial charge is 0.260 e. The van der Waals surface area contributed by atoms with E-state index in [1.165, 1.54) is 0 Å². The van der Waals surface area contributed by atoms with Crippen molar-refractivity contribution in [3.8, 4) is 11.5 Å². The third kappa shape index (κ3) is 2.13. The van der Waals surface area contributed by atoms with Gasteiger partial charge in [0.2, 0.25) is 0 Å². The summed E-state index contributed by atoms with van der Waals surface area (Å²) in [7, 11) is 0. The van der Waals surface area contributed by atoms with Crippen LogP contribution in [0.3, 0.4) is 0 Å². The molecule has 2 heterocycles. The number of rotatable bonds is 2. The van der Waals surface area contributed by atoms with Gasteiger partial charge in [0, 0.05) is 22.7 Å². The number of hydrogen-bond donors (Lipinski definition) is 1. The fraction of sp³-hybridized carbons (Fsp3) is 0.333. The normalized spacial score (nSPS) is 19.3. The summed E-state index contributed by atoms with van der Waals surface area (Å²) in [6.07, 6.45) is 0.939. The Morgan fingerprint density at radius 3 is 3.00 bits per heavy atom. The Balaban J connectivity index is 1.92. The molecule has 0 amide bonds. The molecular weight excluding hydrogens is 298 g/mol. The van der Waals surface area contributed by atoms with E-state index in [1.807, 2.05) is 18.2 Å².